The second-order valence-electron chi connectivity index (χ2n) is 12.9. The zero-order chi connectivity index (χ0) is 30.9. The molecule has 1 heteroatoms. The van der Waals surface area contributed by atoms with Crippen LogP contribution in [0.2, 0.25) is 0 Å². The van der Waals surface area contributed by atoms with Crippen molar-refractivity contribution in [3.63, 3.8) is 0 Å². The van der Waals surface area contributed by atoms with E-state index in [2.05, 4.69) is 138 Å². The van der Waals surface area contributed by atoms with Gasteiger partial charge in [-0.15, -0.1) is 16.7 Å². The molecule has 43 heavy (non-hydrogen) atoms. The Balaban J connectivity index is 0.000000249. The molecule has 0 fully saturated rings. The molecule has 2 aliphatic carbocycles. The Hall–Kier alpha value is -2.89. The Labute approximate surface area is 278 Å². The van der Waals surface area contributed by atoms with Gasteiger partial charge in [-0.3, -0.25) is 6.08 Å². The maximum absolute atomic E-state index is 3.67. The predicted molar refractivity (Wildman–Crippen MR) is 186 cm³/mol. The molecule has 0 N–H and O–H groups in total. The van der Waals surface area contributed by atoms with Crippen LogP contribution in [0.3, 0.4) is 0 Å². The van der Waals surface area contributed by atoms with Crippen molar-refractivity contribution in [1.82, 2.24) is 0 Å². The Bertz CT molecular complexity index is 1400. The fourth-order valence-corrected chi connectivity index (χ4v) is 5.14. The number of hydrogen-bond acceptors (Lipinski definition) is 0. The molecule has 0 amide bonds. The largest absolute Gasteiger partial charge is 0.358 e. The number of fused-ring (bicyclic) bond motifs is 3. The maximum atomic E-state index is 3.67. The van der Waals surface area contributed by atoms with Gasteiger partial charge in [0, 0.05) is 0 Å². The van der Waals surface area contributed by atoms with Crippen molar-refractivity contribution in [1.29, 1.82) is 0 Å². The van der Waals surface area contributed by atoms with Gasteiger partial charge in [-0.25, -0.2) is 5.57 Å². The van der Waals surface area contributed by atoms with Crippen LogP contribution in [-0.2, 0) is 41.5 Å². The zero-order valence-corrected chi connectivity index (χ0v) is 30.2. The summed E-state index contributed by atoms with van der Waals surface area (Å²) in [6.07, 6.45) is 6.68. The second-order valence-corrected chi connectivity index (χ2v) is 12.9. The van der Waals surface area contributed by atoms with Gasteiger partial charge >= 0.3 is 28.4 Å². The van der Waals surface area contributed by atoms with Crippen molar-refractivity contribution in [2.75, 3.05) is 0 Å². The minimum absolute atomic E-state index is 0. The first kappa shape index (κ1) is 36.3. The average Bonchev–Trinajstić information content (AvgIpc) is 3.53. The van der Waals surface area contributed by atoms with Crippen molar-refractivity contribution in [3.05, 3.63) is 156 Å². The van der Waals surface area contributed by atoms with Gasteiger partial charge in [0.15, 0.2) is 0 Å². The molecule has 4 aromatic carbocycles. The number of hydrogen-bond donors (Lipinski definition) is 0. The van der Waals surface area contributed by atoms with Crippen LogP contribution >= 0.6 is 0 Å². The van der Waals surface area contributed by atoms with Crippen molar-refractivity contribution < 1.29 is 24.2 Å². The van der Waals surface area contributed by atoms with Gasteiger partial charge in [0.2, 0.25) is 0 Å². The predicted octanol–water partition coefficient (Wildman–Crippen LogP) is 11.0. The van der Waals surface area contributed by atoms with Crippen LogP contribution in [0.5, 0.6) is 0 Å². The first-order valence-electron chi connectivity index (χ1n) is 14.8. The first-order chi connectivity index (χ1) is 19.9. The van der Waals surface area contributed by atoms with Gasteiger partial charge < -0.3 is 7.43 Å². The fraction of sp³-hybridized carbons (Fsp3) is 0.286. The summed E-state index contributed by atoms with van der Waals surface area (Å²) in [5, 5.41) is 0. The smallest absolute Gasteiger partial charge is 0.171 e. The topological polar surface area (TPSA) is 0 Å². The quantitative estimate of drug-likeness (QED) is 0.159. The number of rotatable bonds is 1. The zero-order valence-electron chi connectivity index (χ0n) is 27.7. The van der Waals surface area contributed by atoms with Gasteiger partial charge in [-0.1, -0.05) is 115 Å². The van der Waals surface area contributed by atoms with E-state index in [1.165, 1.54) is 74.3 Å². The van der Waals surface area contributed by atoms with Crippen LogP contribution in [0.4, 0.5) is 0 Å². The Morgan fingerprint density at radius 3 is 1.86 bits per heavy atom. The van der Waals surface area contributed by atoms with Crippen LogP contribution in [0.1, 0.15) is 83.2 Å². The molecular formula is C42H48Zr-4. The van der Waals surface area contributed by atoms with Gasteiger partial charge in [-0.05, 0) is 28.4 Å². The molecule has 4 aromatic rings. The van der Waals surface area contributed by atoms with Gasteiger partial charge in [0.05, 0.1) is 0 Å². The van der Waals surface area contributed by atoms with E-state index in [4.69, 9.17) is 0 Å². The first-order valence-corrected chi connectivity index (χ1v) is 16.5. The SMILES string of the molecule is CC(C)(C)c1[c-]c2c(cc1)-c1ccc(C(C)(C)C)cc1C2.CC1=[C-]C(C)C=C1c1ccccc1.[CH2]=[Zr].[CH3-].[c-]1ccccc1. The summed E-state index contributed by atoms with van der Waals surface area (Å²) < 4.78 is 3.34. The summed E-state index contributed by atoms with van der Waals surface area (Å²) in [4.78, 5) is 0. The number of benzene rings is 4. The van der Waals surface area contributed by atoms with E-state index >= 15 is 0 Å². The van der Waals surface area contributed by atoms with Crippen LogP contribution in [0, 0.1) is 31.6 Å². The van der Waals surface area contributed by atoms with E-state index in [1.807, 2.05) is 36.4 Å². The van der Waals surface area contributed by atoms with Crippen molar-refractivity contribution in [2.24, 2.45) is 5.92 Å². The van der Waals surface area contributed by atoms with Crippen molar-refractivity contribution >= 4 is 9.78 Å². The minimum Gasteiger partial charge on any atom is -0.358 e. The molecule has 0 heterocycles. The summed E-state index contributed by atoms with van der Waals surface area (Å²) in [6.45, 7) is 17.9. The van der Waals surface area contributed by atoms with Crippen LogP contribution in [0.25, 0.3) is 16.7 Å². The van der Waals surface area contributed by atoms with E-state index in [0.717, 1.165) is 6.42 Å². The summed E-state index contributed by atoms with van der Waals surface area (Å²) in [7, 11) is 0. The van der Waals surface area contributed by atoms with Crippen LogP contribution in [-0.4, -0.2) is 4.21 Å². The molecule has 1 unspecified atom stereocenters. The Morgan fingerprint density at radius 1 is 0.767 bits per heavy atom. The Kier molecular flexibility index (Phi) is 13.7. The van der Waals surface area contributed by atoms with Gasteiger partial charge in [-0.2, -0.15) is 71.8 Å². The summed E-state index contributed by atoms with van der Waals surface area (Å²) in [5.41, 5.74) is 12.6. The van der Waals surface area contributed by atoms with E-state index in [0.29, 0.717) is 5.92 Å². The molecule has 0 aromatic heterocycles. The fourth-order valence-electron chi connectivity index (χ4n) is 5.14. The Morgan fingerprint density at radius 2 is 1.37 bits per heavy atom. The summed E-state index contributed by atoms with van der Waals surface area (Å²) >= 11 is 1.30. The van der Waals surface area contributed by atoms with Crippen LogP contribution in [0.15, 0.2) is 103 Å². The van der Waals surface area contributed by atoms with Gasteiger partial charge in [0.1, 0.15) is 0 Å². The van der Waals surface area contributed by atoms with E-state index in [9.17, 15) is 0 Å². The molecule has 2 aliphatic rings. The summed E-state index contributed by atoms with van der Waals surface area (Å²) in [5.74, 6) is 0.468. The molecule has 0 nitrogen and oxygen atoms in total. The molecule has 0 saturated heterocycles. The van der Waals surface area contributed by atoms with Crippen LogP contribution < -0.4 is 0 Å². The third-order valence-electron chi connectivity index (χ3n) is 7.42. The molecule has 0 saturated carbocycles. The van der Waals surface area contributed by atoms with E-state index in [-0.39, 0.29) is 18.3 Å². The van der Waals surface area contributed by atoms with Crippen molar-refractivity contribution in [2.45, 2.75) is 72.6 Å². The molecule has 224 valence electrons. The molecule has 0 spiro atoms. The standard InChI is InChI=1S/C21H25.C13H13.C6H5.CH3.CH2.Zr/c1-20(2,3)16-7-9-18-14(12-16)11-15-13-17(21(4,5)6)8-10-19(15)18;1-10-8-11(2)13(9-10)12-6-4-3-5-7-12;1-2-4-6-5-3-1;;;/h7-10,12H,11H2,1-6H3;3-7,9-10H,1-2H3;1-5H;1H3;1H2;/q4*-1;;. The van der Waals surface area contributed by atoms with Crippen molar-refractivity contribution in [3.8, 4) is 11.1 Å². The van der Waals surface area contributed by atoms with E-state index < -0.39 is 0 Å². The monoisotopic (exact) mass is 642 g/mol. The molecule has 6 rings (SSSR count). The molecular weight excluding hydrogens is 596 g/mol. The summed E-state index contributed by atoms with van der Waals surface area (Å²) in [6, 6.07) is 38.2. The third kappa shape index (κ3) is 10.1. The molecule has 0 aliphatic heterocycles. The molecule has 0 bridgehead atoms. The normalized spacial score (nSPS) is 14.4. The average molecular weight is 644 g/mol. The van der Waals surface area contributed by atoms with Gasteiger partial charge in [0.25, 0.3) is 0 Å². The number of allylic oxidation sites excluding steroid dienone is 4. The third-order valence-corrected chi connectivity index (χ3v) is 7.42. The molecule has 0 radical (unpaired) electrons. The second kappa shape index (κ2) is 16.3. The maximum Gasteiger partial charge on any atom is -0.171 e. The van der Waals surface area contributed by atoms with E-state index in [1.54, 1.807) is 0 Å². The minimum atomic E-state index is 0. The molecule has 1 atom stereocenters.